The molecule has 0 fully saturated rings. The minimum Gasteiger partial charge on any atom is -0.338 e. The molecule has 0 spiro atoms. The van der Waals surface area contributed by atoms with Crippen molar-refractivity contribution < 1.29 is 4.79 Å². The van der Waals surface area contributed by atoms with Crippen LogP contribution in [0, 0.1) is 0 Å². The largest absolute Gasteiger partial charge is 0.338 e. The number of benzene rings is 2. The molecular weight excluding hydrogens is 304 g/mol. The summed E-state index contributed by atoms with van der Waals surface area (Å²) in [6.07, 6.45) is 0.836. The standard InChI is InChI=1S/C15H17BrN2O/c16-9-11-18-15(19)17-10-8-13-6-3-5-12-4-1-2-7-14(12)13/h1-7H,8-11H2,(H2,17,18,19). The van der Waals surface area contributed by atoms with Crippen LogP contribution < -0.4 is 10.6 Å². The first-order valence-electron chi connectivity index (χ1n) is 6.35. The molecule has 100 valence electrons. The Kier molecular flexibility index (Phi) is 5.21. The van der Waals surface area contributed by atoms with Gasteiger partial charge in [-0.3, -0.25) is 0 Å². The lowest BCUT2D eigenvalue weighted by Crippen LogP contribution is -2.37. The second-order valence-corrected chi connectivity index (χ2v) is 5.05. The first kappa shape index (κ1) is 13.9. The van der Waals surface area contributed by atoms with Gasteiger partial charge in [0.05, 0.1) is 0 Å². The smallest absolute Gasteiger partial charge is 0.314 e. The Morgan fingerprint density at radius 1 is 1.00 bits per heavy atom. The molecule has 2 N–H and O–H groups in total. The fourth-order valence-electron chi connectivity index (χ4n) is 2.04. The summed E-state index contributed by atoms with van der Waals surface area (Å²) in [4.78, 5) is 11.4. The number of urea groups is 1. The van der Waals surface area contributed by atoms with Gasteiger partial charge in [-0.05, 0) is 22.8 Å². The van der Waals surface area contributed by atoms with Crippen LogP contribution in [0.2, 0.25) is 0 Å². The Morgan fingerprint density at radius 2 is 1.74 bits per heavy atom. The second-order valence-electron chi connectivity index (χ2n) is 4.26. The van der Waals surface area contributed by atoms with E-state index in [-0.39, 0.29) is 6.03 Å². The predicted molar refractivity (Wildman–Crippen MR) is 82.8 cm³/mol. The number of hydrogen-bond acceptors (Lipinski definition) is 1. The van der Waals surface area contributed by atoms with Crippen molar-refractivity contribution in [2.24, 2.45) is 0 Å². The van der Waals surface area contributed by atoms with E-state index < -0.39 is 0 Å². The molecule has 0 unspecified atom stereocenters. The molecule has 0 bridgehead atoms. The van der Waals surface area contributed by atoms with Gasteiger partial charge in [0.25, 0.3) is 0 Å². The van der Waals surface area contributed by atoms with Crippen molar-refractivity contribution in [3.05, 3.63) is 48.0 Å². The van der Waals surface area contributed by atoms with Crippen molar-refractivity contribution in [2.75, 3.05) is 18.4 Å². The highest BCUT2D eigenvalue weighted by Crippen LogP contribution is 2.18. The molecule has 2 rings (SSSR count). The fraction of sp³-hybridized carbons (Fsp3) is 0.267. The van der Waals surface area contributed by atoms with Gasteiger partial charge in [-0.25, -0.2) is 4.79 Å². The third-order valence-electron chi connectivity index (χ3n) is 2.94. The van der Waals surface area contributed by atoms with E-state index in [1.807, 2.05) is 12.1 Å². The SMILES string of the molecule is O=C(NCCBr)NCCc1cccc2ccccc12. The number of fused-ring (bicyclic) bond motifs is 1. The molecule has 0 heterocycles. The molecule has 2 aromatic carbocycles. The van der Waals surface area contributed by atoms with Crippen molar-refractivity contribution in [2.45, 2.75) is 6.42 Å². The first-order chi connectivity index (χ1) is 9.31. The van der Waals surface area contributed by atoms with Crippen molar-refractivity contribution >= 4 is 32.7 Å². The predicted octanol–water partition coefficient (Wildman–Crippen LogP) is 3.08. The number of rotatable bonds is 5. The van der Waals surface area contributed by atoms with Crippen LogP contribution in [-0.2, 0) is 6.42 Å². The molecule has 0 aliphatic rings. The summed E-state index contributed by atoms with van der Waals surface area (Å²) in [6.45, 7) is 1.28. The van der Waals surface area contributed by atoms with Gasteiger partial charge in [0.2, 0.25) is 0 Å². The highest BCUT2D eigenvalue weighted by Gasteiger charge is 2.02. The lowest BCUT2D eigenvalue weighted by molar-refractivity contribution is 0.241. The Balaban J connectivity index is 1.93. The topological polar surface area (TPSA) is 41.1 Å². The van der Waals surface area contributed by atoms with Crippen LogP contribution in [-0.4, -0.2) is 24.5 Å². The molecule has 0 saturated heterocycles. The zero-order chi connectivity index (χ0) is 13.5. The van der Waals surface area contributed by atoms with Gasteiger partial charge in [-0.15, -0.1) is 0 Å². The van der Waals surface area contributed by atoms with Crippen molar-refractivity contribution in [3.63, 3.8) is 0 Å². The van der Waals surface area contributed by atoms with E-state index in [0.29, 0.717) is 13.1 Å². The number of alkyl halides is 1. The molecule has 0 aromatic heterocycles. The number of halogens is 1. The number of carbonyl (C=O) groups excluding carboxylic acids is 1. The zero-order valence-corrected chi connectivity index (χ0v) is 12.2. The van der Waals surface area contributed by atoms with Crippen LogP contribution in [0.5, 0.6) is 0 Å². The molecule has 0 aliphatic carbocycles. The number of amides is 2. The summed E-state index contributed by atoms with van der Waals surface area (Å²) < 4.78 is 0. The molecule has 0 saturated carbocycles. The van der Waals surface area contributed by atoms with E-state index in [2.05, 4.69) is 56.9 Å². The maximum absolute atomic E-state index is 11.4. The van der Waals surface area contributed by atoms with Crippen molar-refractivity contribution in [3.8, 4) is 0 Å². The summed E-state index contributed by atoms with van der Waals surface area (Å²) in [5.74, 6) is 0. The average molecular weight is 321 g/mol. The maximum atomic E-state index is 11.4. The van der Waals surface area contributed by atoms with Gasteiger partial charge in [0.15, 0.2) is 0 Å². The highest BCUT2D eigenvalue weighted by molar-refractivity contribution is 9.09. The average Bonchev–Trinajstić information content (AvgIpc) is 2.45. The Hall–Kier alpha value is -1.55. The Morgan fingerprint density at radius 3 is 2.58 bits per heavy atom. The van der Waals surface area contributed by atoms with Crippen LogP contribution in [0.1, 0.15) is 5.56 Å². The van der Waals surface area contributed by atoms with Crippen LogP contribution in [0.4, 0.5) is 4.79 Å². The molecule has 0 atom stereocenters. The Labute approximate surface area is 121 Å². The zero-order valence-electron chi connectivity index (χ0n) is 10.7. The minimum atomic E-state index is -0.111. The van der Waals surface area contributed by atoms with Crippen LogP contribution in [0.3, 0.4) is 0 Å². The third-order valence-corrected chi connectivity index (χ3v) is 3.34. The van der Waals surface area contributed by atoms with Crippen LogP contribution in [0.15, 0.2) is 42.5 Å². The number of hydrogen-bond donors (Lipinski definition) is 2. The second kappa shape index (κ2) is 7.14. The molecule has 2 aromatic rings. The summed E-state index contributed by atoms with van der Waals surface area (Å²) in [6, 6.07) is 14.5. The summed E-state index contributed by atoms with van der Waals surface area (Å²) in [7, 11) is 0. The lowest BCUT2D eigenvalue weighted by Gasteiger charge is -2.08. The van der Waals surface area contributed by atoms with E-state index in [1.165, 1.54) is 16.3 Å². The molecule has 19 heavy (non-hydrogen) atoms. The number of nitrogens with one attached hydrogen (secondary N) is 2. The maximum Gasteiger partial charge on any atom is 0.314 e. The summed E-state index contributed by atoms with van der Waals surface area (Å²) in [5, 5.41) is 8.88. The summed E-state index contributed by atoms with van der Waals surface area (Å²) >= 11 is 3.27. The first-order valence-corrected chi connectivity index (χ1v) is 7.47. The van der Waals surface area contributed by atoms with E-state index in [4.69, 9.17) is 0 Å². The van der Waals surface area contributed by atoms with Gasteiger partial charge in [0.1, 0.15) is 0 Å². The number of carbonyl (C=O) groups is 1. The van der Waals surface area contributed by atoms with E-state index >= 15 is 0 Å². The normalized spacial score (nSPS) is 10.4. The van der Waals surface area contributed by atoms with Crippen LogP contribution in [0.25, 0.3) is 10.8 Å². The monoisotopic (exact) mass is 320 g/mol. The molecule has 2 amide bonds. The van der Waals surface area contributed by atoms with Gasteiger partial charge in [0, 0.05) is 18.4 Å². The molecule has 0 radical (unpaired) electrons. The molecule has 3 nitrogen and oxygen atoms in total. The highest BCUT2D eigenvalue weighted by atomic mass is 79.9. The molecular formula is C15H17BrN2O. The van der Waals surface area contributed by atoms with Gasteiger partial charge < -0.3 is 10.6 Å². The third kappa shape index (κ3) is 3.96. The van der Waals surface area contributed by atoms with Gasteiger partial charge in [-0.1, -0.05) is 58.4 Å². The van der Waals surface area contributed by atoms with Gasteiger partial charge >= 0.3 is 6.03 Å². The van der Waals surface area contributed by atoms with Gasteiger partial charge in [-0.2, -0.15) is 0 Å². The van der Waals surface area contributed by atoms with Crippen molar-refractivity contribution in [1.29, 1.82) is 0 Å². The quantitative estimate of drug-likeness (QED) is 0.817. The van der Waals surface area contributed by atoms with E-state index in [0.717, 1.165) is 11.8 Å². The van der Waals surface area contributed by atoms with E-state index in [1.54, 1.807) is 0 Å². The molecule has 4 heteroatoms. The minimum absolute atomic E-state index is 0.111. The summed E-state index contributed by atoms with van der Waals surface area (Å²) in [5.41, 5.74) is 1.26. The fourth-order valence-corrected chi connectivity index (χ4v) is 2.24. The molecule has 0 aliphatic heterocycles. The Bertz CT molecular complexity index is 551. The lowest BCUT2D eigenvalue weighted by atomic mass is 10.0. The van der Waals surface area contributed by atoms with Crippen molar-refractivity contribution in [1.82, 2.24) is 10.6 Å². The van der Waals surface area contributed by atoms with E-state index in [9.17, 15) is 4.79 Å². The van der Waals surface area contributed by atoms with Crippen LogP contribution >= 0.6 is 15.9 Å².